The molecule has 0 radical (unpaired) electrons. The monoisotopic (exact) mass is 438 g/mol. The highest BCUT2D eigenvalue weighted by atomic mass is 35.5. The van der Waals surface area contributed by atoms with E-state index in [-0.39, 0.29) is 16.5 Å². The lowest BCUT2D eigenvalue weighted by molar-refractivity contribution is -0.137. The molecule has 0 aliphatic rings. The van der Waals surface area contributed by atoms with Crippen LogP contribution in [0.5, 0.6) is 0 Å². The highest BCUT2D eigenvalue weighted by Crippen LogP contribution is 2.28. The lowest BCUT2D eigenvalue weighted by Crippen LogP contribution is -2.33. The molecule has 0 aliphatic carbocycles. The Hall–Kier alpha value is -2.91. The molecule has 0 saturated carbocycles. The van der Waals surface area contributed by atoms with Gasteiger partial charge in [0.15, 0.2) is 5.82 Å². The first kappa shape index (κ1) is 21.8. The smallest absolute Gasteiger partial charge is 0.391 e. The van der Waals surface area contributed by atoms with Crippen LogP contribution in [0.3, 0.4) is 0 Å². The van der Waals surface area contributed by atoms with Gasteiger partial charge in [-0.15, -0.1) is 0 Å². The van der Waals surface area contributed by atoms with Crippen molar-refractivity contribution in [3.63, 3.8) is 0 Å². The molecule has 2 unspecified atom stereocenters. The molecule has 0 fully saturated rings. The van der Waals surface area contributed by atoms with Crippen LogP contribution < -0.4 is 10.9 Å². The van der Waals surface area contributed by atoms with Crippen molar-refractivity contribution in [3.8, 4) is 5.82 Å². The molecule has 30 heavy (non-hydrogen) atoms. The number of pyridine rings is 1. The van der Waals surface area contributed by atoms with Crippen molar-refractivity contribution in [2.24, 2.45) is 0 Å². The summed E-state index contributed by atoms with van der Waals surface area (Å²) < 4.78 is 38.8. The second-order valence-electron chi connectivity index (χ2n) is 6.68. The van der Waals surface area contributed by atoms with Gasteiger partial charge in [0.05, 0.1) is 23.6 Å². The van der Waals surface area contributed by atoms with Crippen LogP contribution in [0, 0.1) is 0 Å². The van der Waals surface area contributed by atoms with E-state index in [1.165, 1.54) is 6.20 Å². The summed E-state index contributed by atoms with van der Waals surface area (Å²) in [7, 11) is 0. The Morgan fingerprint density at radius 2 is 1.87 bits per heavy atom. The van der Waals surface area contributed by atoms with Gasteiger partial charge in [-0.3, -0.25) is 4.79 Å². The Labute approximate surface area is 175 Å². The summed E-state index contributed by atoms with van der Waals surface area (Å²) in [6.07, 6.45) is -3.03. The number of alkyl halides is 3. The summed E-state index contributed by atoms with van der Waals surface area (Å²) in [5.41, 5.74) is -0.542. The van der Waals surface area contributed by atoms with Crippen LogP contribution in [0.1, 0.15) is 18.1 Å². The third kappa shape index (κ3) is 4.98. The molecular formula is C20H18ClF3N4O2. The summed E-state index contributed by atoms with van der Waals surface area (Å²) in [4.78, 5) is 16.2. The minimum Gasteiger partial charge on any atom is -0.391 e. The Bertz CT molecular complexity index is 1060. The fourth-order valence-corrected chi connectivity index (χ4v) is 2.93. The molecule has 158 valence electrons. The second-order valence-corrected chi connectivity index (χ2v) is 7.06. The van der Waals surface area contributed by atoms with Gasteiger partial charge in [0.25, 0.3) is 5.56 Å². The molecule has 0 saturated heterocycles. The number of aromatic nitrogens is 3. The Balaban J connectivity index is 1.77. The van der Waals surface area contributed by atoms with E-state index in [0.29, 0.717) is 12.6 Å². The van der Waals surface area contributed by atoms with E-state index in [4.69, 9.17) is 11.6 Å². The van der Waals surface area contributed by atoms with Crippen LogP contribution in [0.4, 0.5) is 18.9 Å². The molecule has 3 rings (SSSR count). The molecule has 6 nitrogen and oxygen atoms in total. The van der Waals surface area contributed by atoms with Crippen LogP contribution in [0.15, 0.2) is 59.7 Å². The second kappa shape index (κ2) is 8.85. The summed E-state index contributed by atoms with van der Waals surface area (Å²) >= 11 is 6.14. The largest absolute Gasteiger partial charge is 0.417 e. The fraction of sp³-hybridized carbons (Fsp3) is 0.250. The van der Waals surface area contributed by atoms with Gasteiger partial charge in [0.1, 0.15) is 5.02 Å². The van der Waals surface area contributed by atoms with Gasteiger partial charge in [0.2, 0.25) is 0 Å². The third-order valence-corrected chi connectivity index (χ3v) is 4.82. The SMILES string of the molecule is CC(Nc1cnn(-c2ccc(C(F)(F)F)cn2)c(=O)c1Cl)C(O)Cc1ccccc1. The summed E-state index contributed by atoms with van der Waals surface area (Å²) in [6.45, 7) is 1.73. The zero-order chi connectivity index (χ0) is 21.9. The van der Waals surface area contributed by atoms with Crippen molar-refractivity contribution in [1.29, 1.82) is 0 Å². The normalized spacial score (nSPS) is 13.7. The zero-order valence-corrected chi connectivity index (χ0v) is 16.5. The van der Waals surface area contributed by atoms with Crippen molar-refractivity contribution < 1.29 is 18.3 Å². The van der Waals surface area contributed by atoms with Crippen molar-refractivity contribution in [2.45, 2.75) is 31.7 Å². The molecule has 1 aromatic carbocycles. The van der Waals surface area contributed by atoms with E-state index in [1.54, 1.807) is 6.92 Å². The van der Waals surface area contributed by atoms with Gasteiger partial charge in [-0.2, -0.15) is 23.0 Å². The lowest BCUT2D eigenvalue weighted by atomic mass is 10.0. The maximum absolute atomic E-state index is 12.7. The number of aliphatic hydroxyl groups is 1. The molecule has 0 amide bonds. The highest BCUT2D eigenvalue weighted by Gasteiger charge is 2.30. The predicted octanol–water partition coefficient (Wildman–Crippen LogP) is 3.70. The van der Waals surface area contributed by atoms with E-state index < -0.39 is 29.4 Å². The Morgan fingerprint density at radius 3 is 2.47 bits per heavy atom. The third-order valence-electron chi connectivity index (χ3n) is 4.46. The average molecular weight is 439 g/mol. The van der Waals surface area contributed by atoms with Gasteiger partial charge in [0, 0.05) is 18.7 Å². The Morgan fingerprint density at radius 1 is 1.17 bits per heavy atom. The van der Waals surface area contributed by atoms with Crippen LogP contribution >= 0.6 is 11.6 Å². The first-order valence-corrected chi connectivity index (χ1v) is 9.34. The topological polar surface area (TPSA) is 80.0 Å². The molecule has 10 heteroatoms. The summed E-state index contributed by atoms with van der Waals surface area (Å²) in [5.74, 6) is -0.0985. The number of anilines is 1. The lowest BCUT2D eigenvalue weighted by Gasteiger charge is -2.22. The number of hydrogen-bond acceptors (Lipinski definition) is 5. The van der Waals surface area contributed by atoms with Gasteiger partial charge in [-0.25, -0.2) is 4.98 Å². The van der Waals surface area contributed by atoms with Crippen molar-refractivity contribution in [1.82, 2.24) is 14.8 Å². The van der Waals surface area contributed by atoms with Crippen molar-refractivity contribution in [2.75, 3.05) is 5.32 Å². The number of aliphatic hydroxyl groups excluding tert-OH is 1. The quantitative estimate of drug-likeness (QED) is 0.613. The number of benzene rings is 1. The van der Waals surface area contributed by atoms with E-state index in [1.807, 2.05) is 30.3 Å². The zero-order valence-electron chi connectivity index (χ0n) is 15.8. The standard InChI is InChI=1S/C20H18ClF3N4O2/c1-12(16(29)9-13-5-3-2-4-6-13)27-15-11-26-28(19(30)18(15)21)17-8-7-14(10-25-17)20(22,23)24/h2-8,10-12,16,27,29H,9H2,1H3. The predicted molar refractivity (Wildman–Crippen MR) is 107 cm³/mol. The van der Waals surface area contributed by atoms with Crippen molar-refractivity contribution in [3.05, 3.63) is 81.4 Å². The van der Waals surface area contributed by atoms with Crippen LogP contribution in [-0.4, -0.2) is 32.0 Å². The summed E-state index contributed by atoms with van der Waals surface area (Å²) in [5, 5.41) is 17.1. The van der Waals surface area contributed by atoms with E-state index in [2.05, 4.69) is 15.4 Å². The molecule has 0 bridgehead atoms. The molecule has 2 aromatic heterocycles. The van der Waals surface area contributed by atoms with Gasteiger partial charge in [-0.1, -0.05) is 41.9 Å². The van der Waals surface area contributed by atoms with Crippen LogP contribution in [0.2, 0.25) is 5.02 Å². The molecule has 0 aliphatic heterocycles. The molecular weight excluding hydrogens is 421 g/mol. The molecule has 3 aromatic rings. The molecule has 2 atom stereocenters. The highest BCUT2D eigenvalue weighted by molar-refractivity contribution is 6.32. The molecule has 2 heterocycles. The molecule has 2 N–H and O–H groups in total. The first-order valence-electron chi connectivity index (χ1n) is 8.97. The van der Waals surface area contributed by atoms with Crippen LogP contribution in [0.25, 0.3) is 5.82 Å². The van der Waals surface area contributed by atoms with Gasteiger partial charge >= 0.3 is 6.18 Å². The van der Waals surface area contributed by atoms with E-state index in [0.717, 1.165) is 22.4 Å². The van der Waals surface area contributed by atoms with Crippen molar-refractivity contribution >= 4 is 17.3 Å². The number of hydrogen-bond donors (Lipinski definition) is 2. The maximum atomic E-state index is 12.7. The number of nitrogens with one attached hydrogen (secondary N) is 1. The van der Waals surface area contributed by atoms with Gasteiger partial charge in [-0.05, 0) is 24.6 Å². The summed E-state index contributed by atoms with van der Waals surface area (Å²) in [6, 6.07) is 10.8. The average Bonchev–Trinajstić information content (AvgIpc) is 2.71. The Kier molecular flexibility index (Phi) is 6.42. The number of halogens is 4. The number of nitrogens with zero attached hydrogens (tertiary/aromatic N) is 3. The number of rotatable bonds is 6. The van der Waals surface area contributed by atoms with Gasteiger partial charge < -0.3 is 10.4 Å². The van der Waals surface area contributed by atoms with E-state index >= 15 is 0 Å². The van der Waals surface area contributed by atoms with E-state index in [9.17, 15) is 23.1 Å². The maximum Gasteiger partial charge on any atom is 0.417 e. The minimum atomic E-state index is -4.54. The fourth-order valence-electron chi connectivity index (χ4n) is 2.75. The molecule has 0 spiro atoms. The van der Waals surface area contributed by atoms with Crippen LogP contribution in [-0.2, 0) is 12.6 Å². The first-order chi connectivity index (χ1) is 14.2. The minimum absolute atomic E-state index is 0.0985.